The lowest BCUT2D eigenvalue weighted by Crippen LogP contribution is -2.32. The van der Waals surface area contributed by atoms with Crippen LogP contribution in [0, 0.1) is 0 Å². The maximum atomic E-state index is 12.9. The van der Waals surface area contributed by atoms with Crippen LogP contribution in [-0.4, -0.2) is 45.2 Å². The second-order valence-corrected chi connectivity index (χ2v) is 7.28. The summed E-state index contributed by atoms with van der Waals surface area (Å²) >= 11 is 12.5. The van der Waals surface area contributed by atoms with Crippen molar-refractivity contribution in [3.05, 3.63) is 34.3 Å². The molecule has 0 saturated carbocycles. The van der Waals surface area contributed by atoms with Crippen LogP contribution in [0.15, 0.2) is 34.5 Å². The number of hydrogen-bond acceptors (Lipinski definition) is 8. The summed E-state index contributed by atoms with van der Waals surface area (Å²) in [5.41, 5.74) is 0.344. The fraction of sp³-hybridized carbons (Fsp3) is 0.364. The highest BCUT2D eigenvalue weighted by molar-refractivity contribution is 6.34. The quantitative estimate of drug-likeness (QED) is 0.324. The molecule has 9 nitrogen and oxygen atoms in total. The Labute approximate surface area is 202 Å². The number of rotatable bonds is 11. The topological polar surface area (TPSA) is 108 Å². The molecule has 2 rings (SSSR count). The number of ether oxygens (including phenoxy) is 4. The molecule has 0 bridgehead atoms. The largest absolute Gasteiger partial charge is 0.494 e. The van der Waals surface area contributed by atoms with Crippen LogP contribution >= 0.6 is 23.2 Å². The standard InChI is InChI=1S/C22H25Cl2N3O6/c1-6-32-13-10-15(18(24)17(11-13)33-7-2)26-27-19(12(3)28)22(29)25-20-16(30-4)9-8-14(23)21(20)31-5/h8-11,19H,6-7H2,1-5H3,(H,25,29). The summed E-state index contributed by atoms with van der Waals surface area (Å²) in [6.45, 7) is 5.63. The molecule has 0 radical (unpaired) electrons. The highest BCUT2D eigenvalue weighted by Crippen LogP contribution is 2.41. The molecule has 33 heavy (non-hydrogen) atoms. The molecule has 1 atom stereocenters. The van der Waals surface area contributed by atoms with Crippen molar-refractivity contribution in [2.24, 2.45) is 10.2 Å². The van der Waals surface area contributed by atoms with Gasteiger partial charge in [-0.1, -0.05) is 23.2 Å². The molecule has 2 aromatic carbocycles. The Morgan fingerprint density at radius 3 is 2.30 bits per heavy atom. The predicted molar refractivity (Wildman–Crippen MR) is 126 cm³/mol. The van der Waals surface area contributed by atoms with E-state index >= 15 is 0 Å². The zero-order valence-electron chi connectivity index (χ0n) is 18.9. The Morgan fingerprint density at radius 1 is 1.03 bits per heavy atom. The van der Waals surface area contributed by atoms with Crippen molar-refractivity contribution in [2.45, 2.75) is 26.8 Å². The molecular weight excluding hydrogens is 473 g/mol. The third kappa shape index (κ3) is 6.49. The SMILES string of the molecule is CCOc1cc(N=NC(C(C)=O)C(=O)Nc2c(OC)ccc(Cl)c2OC)c(Cl)c(OCC)c1. The van der Waals surface area contributed by atoms with E-state index in [2.05, 4.69) is 15.5 Å². The monoisotopic (exact) mass is 497 g/mol. The molecule has 0 aromatic heterocycles. The van der Waals surface area contributed by atoms with Crippen LogP contribution in [0.2, 0.25) is 10.0 Å². The number of amides is 1. The van der Waals surface area contributed by atoms with Crippen molar-refractivity contribution in [2.75, 3.05) is 32.8 Å². The fourth-order valence-corrected chi connectivity index (χ4v) is 3.24. The van der Waals surface area contributed by atoms with Gasteiger partial charge in [-0.25, -0.2) is 0 Å². The Balaban J connectivity index is 2.40. The summed E-state index contributed by atoms with van der Waals surface area (Å²) in [5.74, 6) is -0.0338. The number of carbonyl (C=O) groups excluding carboxylic acids is 2. The van der Waals surface area contributed by atoms with Crippen molar-refractivity contribution < 1.29 is 28.5 Å². The Morgan fingerprint density at radius 2 is 1.73 bits per heavy atom. The highest BCUT2D eigenvalue weighted by Gasteiger charge is 2.26. The number of benzene rings is 2. The van der Waals surface area contributed by atoms with E-state index in [9.17, 15) is 9.59 Å². The first-order valence-corrected chi connectivity index (χ1v) is 10.7. The number of nitrogens with one attached hydrogen (secondary N) is 1. The van der Waals surface area contributed by atoms with Gasteiger partial charge in [-0.05, 0) is 32.9 Å². The first-order valence-electron chi connectivity index (χ1n) is 9.99. The minimum atomic E-state index is -1.47. The maximum absolute atomic E-state index is 12.9. The fourth-order valence-electron chi connectivity index (χ4n) is 2.80. The van der Waals surface area contributed by atoms with Crippen molar-refractivity contribution >= 4 is 46.3 Å². The van der Waals surface area contributed by atoms with Crippen LogP contribution in [0.1, 0.15) is 20.8 Å². The number of halogens is 2. The Bertz CT molecular complexity index is 1050. The average Bonchev–Trinajstić information content (AvgIpc) is 2.77. The maximum Gasteiger partial charge on any atom is 0.259 e. The molecule has 11 heteroatoms. The van der Waals surface area contributed by atoms with E-state index in [4.69, 9.17) is 42.1 Å². The molecule has 0 spiro atoms. The van der Waals surface area contributed by atoms with Crippen LogP contribution in [-0.2, 0) is 9.59 Å². The number of anilines is 1. The highest BCUT2D eigenvalue weighted by atomic mass is 35.5. The van der Waals surface area contributed by atoms with Gasteiger partial charge in [-0.3, -0.25) is 9.59 Å². The molecular formula is C22H25Cl2N3O6. The van der Waals surface area contributed by atoms with E-state index in [0.29, 0.717) is 24.7 Å². The summed E-state index contributed by atoms with van der Waals surface area (Å²) in [4.78, 5) is 25.1. The van der Waals surface area contributed by atoms with Gasteiger partial charge in [0.15, 0.2) is 11.5 Å². The number of hydrogen-bond donors (Lipinski definition) is 1. The second kappa shape index (κ2) is 12.3. The van der Waals surface area contributed by atoms with E-state index < -0.39 is 17.7 Å². The van der Waals surface area contributed by atoms with Gasteiger partial charge in [0.2, 0.25) is 6.04 Å². The van der Waals surface area contributed by atoms with Gasteiger partial charge in [0.05, 0.1) is 32.5 Å². The summed E-state index contributed by atoms with van der Waals surface area (Å²) in [7, 11) is 2.81. The van der Waals surface area contributed by atoms with Crippen LogP contribution < -0.4 is 24.3 Å². The lowest BCUT2D eigenvalue weighted by molar-refractivity contribution is -0.126. The van der Waals surface area contributed by atoms with Gasteiger partial charge >= 0.3 is 0 Å². The van der Waals surface area contributed by atoms with Crippen LogP contribution in [0.25, 0.3) is 0 Å². The number of methoxy groups -OCH3 is 2. The van der Waals surface area contributed by atoms with E-state index in [1.807, 2.05) is 6.92 Å². The third-order valence-electron chi connectivity index (χ3n) is 4.26. The first kappa shape index (κ1) is 26.2. The normalized spacial score (nSPS) is 11.7. The Kier molecular flexibility index (Phi) is 9.74. The molecule has 0 aliphatic rings. The van der Waals surface area contributed by atoms with Gasteiger partial charge in [0.25, 0.3) is 5.91 Å². The summed E-state index contributed by atoms with van der Waals surface area (Å²) in [5, 5.41) is 11.0. The smallest absolute Gasteiger partial charge is 0.259 e. The van der Waals surface area contributed by atoms with Crippen molar-refractivity contribution in [3.8, 4) is 23.0 Å². The average molecular weight is 498 g/mol. The summed E-state index contributed by atoms with van der Waals surface area (Å²) in [6, 6.07) is 4.80. The molecule has 0 saturated heterocycles. The summed E-state index contributed by atoms with van der Waals surface area (Å²) < 4.78 is 21.5. The van der Waals surface area contributed by atoms with Gasteiger partial charge in [-0.15, -0.1) is 0 Å². The third-order valence-corrected chi connectivity index (χ3v) is 4.94. The van der Waals surface area contributed by atoms with E-state index in [1.165, 1.54) is 27.2 Å². The second-order valence-electron chi connectivity index (χ2n) is 6.50. The van der Waals surface area contributed by atoms with Gasteiger partial charge in [0.1, 0.15) is 33.6 Å². The lowest BCUT2D eigenvalue weighted by Gasteiger charge is -2.16. The van der Waals surface area contributed by atoms with E-state index in [1.54, 1.807) is 25.1 Å². The number of azo groups is 1. The molecule has 0 aliphatic heterocycles. The molecule has 178 valence electrons. The molecule has 0 heterocycles. The van der Waals surface area contributed by atoms with E-state index in [0.717, 1.165) is 0 Å². The number of Topliss-reactive ketones (excluding diaryl/α,β-unsaturated/α-hetero) is 1. The molecule has 1 amide bonds. The Hall–Kier alpha value is -3.04. The molecule has 0 fully saturated rings. The van der Waals surface area contributed by atoms with Gasteiger partial charge in [-0.2, -0.15) is 10.2 Å². The number of ketones is 1. The van der Waals surface area contributed by atoms with Crippen molar-refractivity contribution in [3.63, 3.8) is 0 Å². The zero-order chi connectivity index (χ0) is 24.5. The van der Waals surface area contributed by atoms with E-state index in [-0.39, 0.29) is 32.9 Å². The van der Waals surface area contributed by atoms with Crippen molar-refractivity contribution in [1.29, 1.82) is 0 Å². The molecule has 1 N–H and O–H groups in total. The molecule has 2 aromatic rings. The zero-order valence-corrected chi connectivity index (χ0v) is 20.4. The lowest BCUT2D eigenvalue weighted by atomic mass is 10.2. The minimum absolute atomic E-state index is 0.161. The predicted octanol–water partition coefficient (Wildman–Crippen LogP) is 5.49. The van der Waals surface area contributed by atoms with Crippen LogP contribution in [0.4, 0.5) is 11.4 Å². The molecule has 0 aliphatic carbocycles. The number of carbonyl (C=O) groups is 2. The number of nitrogens with zero attached hydrogens (tertiary/aromatic N) is 2. The van der Waals surface area contributed by atoms with Crippen LogP contribution in [0.5, 0.6) is 23.0 Å². The first-order chi connectivity index (χ1) is 15.8. The molecule has 1 unspecified atom stereocenters. The minimum Gasteiger partial charge on any atom is -0.494 e. The van der Waals surface area contributed by atoms with Gasteiger partial charge in [0, 0.05) is 12.1 Å². The van der Waals surface area contributed by atoms with Crippen molar-refractivity contribution in [1.82, 2.24) is 0 Å². The van der Waals surface area contributed by atoms with Gasteiger partial charge < -0.3 is 24.3 Å². The van der Waals surface area contributed by atoms with Crippen LogP contribution in [0.3, 0.4) is 0 Å². The summed E-state index contributed by atoms with van der Waals surface area (Å²) in [6.07, 6.45) is 0.